The third-order valence-corrected chi connectivity index (χ3v) is 4.84. The summed E-state index contributed by atoms with van der Waals surface area (Å²) < 4.78 is 14.9. The van der Waals surface area contributed by atoms with Crippen molar-refractivity contribution in [2.45, 2.75) is 13.3 Å². The second-order valence-electron chi connectivity index (χ2n) is 5.94. The van der Waals surface area contributed by atoms with Crippen LogP contribution in [0.5, 0.6) is 0 Å². The minimum atomic E-state index is -0.741. The molecule has 2 aromatic rings. The molecule has 1 aliphatic rings. The largest absolute Gasteiger partial charge is 0.366 e. The van der Waals surface area contributed by atoms with Crippen LogP contribution in [-0.4, -0.2) is 34.8 Å². The zero-order chi connectivity index (χ0) is 18.3. The molecule has 0 fully saturated rings. The van der Waals surface area contributed by atoms with E-state index in [0.717, 1.165) is 6.07 Å². The fourth-order valence-electron chi connectivity index (χ4n) is 3.18. The molecule has 0 unspecified atom stereocenters. The quantitative estimate of drug-likeness (QED) is 0.823. The van der Waals surface area contributed by atoms with Crippen LogP contribution in [0.25, 0.3) is 16.5 Å². The van der Waals surface area contributed by atoms with Gasteiger partial charge in [0.1, 0.15) is 5.82 Å². The predicted molar refractivity (Wildman–Crippen MR) is 95.9 cm³/mol. The van der Waals surface area contributed by atoms with Crippen molar-refractivity contribution in [3.05, 3.63) is 52.5 Å². The number of hydrogen-bond acceptors (Lipinski definition) is 2. The van der Waals surface area contributed by atoms with Crippen LogP contribution in [0.2, 0.25) is 5.02 Å². The number of aryl methyl sites for hydroxylation is 1. The first-order valence-electron chi connectivity index (χ1n) is 7.76. The molecule has 0 bridgehead atoms. The van der Waals surface area contributed by atoms with Crippen LogP contribution in [0.1, 0.15) is 28.0 Å². The molecule has 1 aromatic heterocycles. The maximum Gasteiger partial charge on any atom is 0.250 e. The predicted octanol–water partition coefficient (Wildman–Crippen LogP) is 3.17. The van der Waals surface area contributed by atoms with Crippen LogP contribution in [0, 0.1) is 12.7 Å². The Kier molecular flexibility index (Phi) is 4.39. The fraction of sp³-hybridized carbons (Fsp3) is 0.222. The Morgan fingerprint density at radius 2 is 2.20 bits per heavy atom. The molecule has 2 amide bonds. The Bertz CT molecular complexity index is 946. The summed E-state index contributed by atoms with van der Waals surface area (Å²) in [5, 5.41) is 0.743. The molecule has 0 spiro atoms. The van der Waals surface area contributed by atoms with Crippen LogP contribution in [0.4, 0.5) is 4.39 Å². The number of H-pyrrole nitrogens is 1. The summed E-state index contributed by atoms with van der Waals surface area (Å²) in [5.41, 5.74) is 7.35. The van der Waals surface area contributed by atoms with Crippen molar-refractivity contribution in [2.24, 2.45) is 5.73 Å². The van der Waals surface area contributed by atoms with Crippen LogP contribution in [0.3, 0.4) is 0 Å². The van der Waals surface area contributed by atoms with E-state index in [1.165, 1.54) is 6.08 Å². The average Bonchev–Trinajstić information content (AvgIpc) is 2.88. The Morgan fingerprint density at radius 1 is 1.48 bits per heavy atom. The standard InChI is InChI=1S/C18H17ClFN3O2/c1-3-13(24)23-6-4-5-10(8-23)14-12(20)7-11(18(21)25)17-15(14)16(19)9(2)22-17/h3,5,7,22H,1,4,6,8H2,2H3,(H2,21,25). The molecule has 0 saturated heterocycles. The van der Waals surface area contributed by atoms with Crippen LogP contribution in [0.15, 0.2) is 24.8 Å². The van der Waals surface area contributed by atoms with Gasteiger partial charge in [0.2, 0.25) is 5.91 Å². The number of halogens is 2. The molecule has 0 aliphatic carbocycles. The van der Waals surface area contributed by atoms with Crippen molar-refractivity contribution in [3.8, 4) is 0 Å². The molecular formula is C18H17ClFN3O2. The van der Waals surface area contributed by atoms with Gasteiger partial charge in [0.25, 0.3) is 5.91 Å². The highest BCUT2D eigenvalue weighted by molar-refractivity contribution is 6.37. The lowest BCUT2D eigenvalue weighted by molar-refractivity contribution is -0.125. The highest BCUT2D eigenvalue weighted by atomic mass is 35.5. The van der Waals surface area contributed by atoms with Crippen molar-refractivity contribution in [1.82, 2.24) is 9.88 Å². The van der Waals surface area contributed by atoms with Gasteiger partial charge >= 0.3 is 0 Å². The molecule has 3 N–H and O–H groups in total. The van der Waals surface area contributed by atoms with E-state index in [0.29, 0.717) is 40.2 Å². The highest BCUT2D eigenvalue weighted by Gasteiger charge is 2.25. The molecule has 2 heterocycles. The fourth-order valence-corrected chi connectivity index (χ4v) is 3.42. The summed E-state index contributed by atoms with van der Waals surface area (Å²) in [6.07, 6.45) is 3.71. The van der Waals surface area contributed by atoms with E-state index in [2.05, 4.69) is 11.6 Å². The number of carbonyl (C=O) groups is 2. The normalized spacial score (nSPS) is 14.5. The number of carbonyl (C=O) groups excluding carboxylic acids is 2. The van der Waals surface area contributed by atoms with Gasteiger partial charge in [0.05, 0.1) is 16.1 Å². The third kappa shape index (κ3) is 2.82. The van der Waals surface area contributed by atoms with Gasteiger partial charge in [-0.25, -0.2) is 4.39 Å². The number of aromatic nitrogens is 1. The number of fused-ring (bicyclic) bond motifs is 1. The van der Waals surface area contributed by atoms with E-state index in [1.54, 1.807) is 11.8 Å². The molecular weight excluding hydrogens is 345 g/mol. The summed E-state index contributed by atoms with van der Waals surface area (Å²) in [6.45, 7) is 6.00. The van der Waals surface area contributed by atoms with Crippen LogP contribution >= 0.6 is 11.6 Å². The molecule has 3 rings (SSSR count). The first kappa shape index (κ1) is 17.2. The molecule has 7 heteroatoms. The van der Waals surface area contributed by atoms with Crippen LogP contribution < -0.4 is 5.73 Å². The Morgan fingerprint density at radius 3 is 2.84 bits per heavy atom. The van der Waals surface area contributed by atoms with Crippen molar-refractivity contribution < 1.29 is 14.0 Å². The molecule has 0 saturated carbocycles. The molecule has 130 valence electrons. The smallest absolute Gasteiger partial charge is 0.250 e. The summed E-state index contributed by atoms with van der Waals surface area (Å²) in [6, 6.07) is 1.11. The Hall–Kier alpha value is -2.60. The van der Waals surface area contributed by atoms with Gasteiger partial charge < -0.3 is 15.6 Å². The lowest BCUT2D eigenvalue weighted by Crippen LogP contribution is -2.34. The van der Waals surface area contributed by atoms with Crippen molar-refractivity contribution in [1.29, 1.82) is 0 Å². The van der Waals surface area contributed by atoms with E-state index in [9.17, 15) is 14.0 Å². The number of benzene rings is 1. The number of nitrogens with two attached hydrogens (primary N) is 1. The maximum absolute atomic E-state index is 14.9. The van der Waals surface area contributed by atoms with E-state index < -0.39 is 11.7 Å². The topological polar surface area (TPSA) is 79.2 Å². The van der Waals surface area contributed by atoms with Gasteiger partial charge in [-0.2, -0.15) is 0 Å². The SMILES string of the molecule is C=CC(=O)N1CCC=C(c2c(F)cc(C(N)=O)c3[nH]c(C)c(Cl)c23)C1. The second kappa shape index (κ2) is 6.37. The molecule has 0 atom stereocenters. The van der Waals surface area contributed by atoms with Crippen molar-refractivity contribution in [2.75, 3.05) is 13.1 Å². The van der Waals surface area contributed by atoms with Gasteiger partial charge in [-0.1, -0.05) is 24.3 Å². The van der Waals surface area contributed by atoms with E-state index in [-0.39, 0.29) is 23.6 Å². The summed E-state index contributed by atoms with van der Waals surface area (Å²) in [5.74, 6) is -1.55. The number of hydrogen-bond donors (Lipinski definition) is 2. The first-order chi connectivity index (χ1) is 11.8. The number of amides is 2. The summed E-state index contributed by atoms with van der Waals surface area (Å²) >= 11 is 6.37. The molecule has 1 aliphatic heterocycles. The zero-order valence-electron chi connectivity index (χ0n) is 13.7. The number of aromatic amines is 1. The van der Waals surface area contributed by atoms with Gasteiger partial charge in [-0.15, -0.1) is 0 Å². The van der Waals surface area contributed by atoms with Gasteiger partial charge in [-0.05, 0) is 31.1 Å². The highest BCUT2D eigenvalue weighted by Crippen LogP contribution is 2.38. The summed E-state index contributed by atoms with van der Waals surface area (Å²) in [4.78, 5) is 28.2. The monoisotopic (exact) mass is 361 g/mol. The van der Waals surface area contributed by atoms with Gasteiger partial charge in [0, 0.05) is 29.7 Å². The second-order valence-corrected chi connectivity index (χ2v) is 6.32. The van der Waals surface area contributed by atoms with Gasteiger partial charge in [0.15, 0.2) is 0 Å². The molecule has 0 radical (unpaired) electrons. The molecule has 1 aromatic carbocycles. The average molecular weight is 362 g/mol. The van der Waals surface area contributed by atoms with Crippen molar-refractivity contribution in [3.63, 3.8) is 0 Å². The van der Waals surface area contributed by atoms with Gasteiger partial charge in [-0.3, -0.25) is 9.59 Å². The van der Waals surface area contributed by atoms with E-state index in [1.807, 2.05) is 6.08 Å². The lowest BCUT2D eigenvalue weighted by atomic mass is 9.95. The number of nitrogens with one attached hydrogen (secondary N) is 1. The molecule has 5 nitrogen and oxygen atoms in total. The summed E-state index contributed by atoms with van der Waals surface area (Å²) in [7, 11) is 0. The minimum Gasteiger partial charge on any atom is -0.366 e. The zero-order valence-corrected chi connectivity index (χ0v) is 14.4. The third-order valence-electron chi connectivity index (χ3n) is 4.36. The molecule has 25 heavy (non-hydrogen) atoms. The maximum atomic E-state index is 14.9. The minimum absolute atomic E-state index is 0.0432. The van der Waals surface area contributed by atoms with E-state index >= 15 is 0 Å². The number of rotatable bonds is 3. The Labute approximate surface area is 148 Å². The lowest BCUT2D eigenvalue weighted by Gasteiger charge is -2.27. The van der Waals surface area contributed by atoms with Crippen LogP contribution in [-0.2, 0) is 4.79 Å². The number of primary amides is 1. The number of nitrogens with zero attached hydrogens (tertiary/aromatic N) is 1. The first-order valence-corrected chi connectivity index (χ1v) is 8.13. The van der Waals surface area contributed by atoms with Crippen molar-refractivity contribution >= 4 is 39.9 Å². The van der Waals surface area contributed by atoms with E-state index in [4.69, 9.17) is 17.3 Å². The Balaban J connectivity index is 2.23.